The molecule has 0 heterocycles. The summed E-state index contributed by atoms with van der Waals surface area (Å²) < 4.78 is 0. The average molecular weight is 288 g/mol. The van der Waals surface area contributed by atoms with E-state index in [1.807, 2.05) is 6.92 Å². The van der Waals surface area contributed by atoms with Crippen molar-refractivity contribution in [1.29, 1.82) is 0 Å². The van der Waals surface area contributed by atoms with Gasteiger partial charge in [0.2, 0.25) is 5.91 Å². The summed E-state index contributed by atoms with van der Waals surface area (Å²) in [5.41, 5.74) is 2.92. The number of fused-ring (bicyclic) bond motifs is 1. The third-order valence-corrected chi connectivity index (χ3v) is 4.55. The highest BCUT2D eigenvalue weighted by molar-refractivity contribution is 5.81. The Labute approximate surface area is 128 Å². The molecule has 1 aromatic rings. The predicted molar refractivity (Wildman–Crippen MR) is 87.2 cm³/mol. The van der Waals surface area contributed by atoms with Gasteiger partial charge in [-0.15, -0.1) is 0 Å². The first-order chi connectivity index (χ1) is 9.95. The molecule has 0 fully saturated rings. The van der Waals surface area contributed by atoms with Crippen molar-refractivity contribution in [2.45, 2.75) is 59.0 Å². The SMILES string of the molecule is CCCNC(=O)C(C)NC1c2ccccc2CCC1(C)C. The number of rotatable bonds is 5. The lowest BCUT2D eigenvalue weighted by molar-refractivity contribution is -0.123. The molecule has 1 aliphatic carbocycles. The maximum Gasteiger partial charge on any atom is 0.236 e. The first-order valence-electron chi connectivity index (χ1n) is 8.07. The Balaban J connectivity index is 2.15. The summed E-state index contributed by atoms with van der Waals surface area (Å²) >= 11 is 0. The quantitative estimate of drug-likeness (QED) is 0.873. The molecular formula is C18H28N2O. The van der Waals surface area contributed by atoms with Crippen LogP contribution < -0.4 is 10.6 Å². The molecule has 1 amide bonds. The largest absolute Gasteiger partial charge is 0.355 e. The van der Waals surface area contributed by atoms with E-state index in [0.29, 0.717) is 0 Å². The normalized spacial score (nSPS) is 21.4. The minimum atomic E-state index is -0.174. The fourth-order valence-electron chi connectivity index (χ4n) is 3.11. The highest BCUT2D eigenvalue weighted by Gasteiger charge is 2.36. The van der Waals surface area contributed by atoms with E-state index >= 15 is 0 Å². The predicted octanol–water partition coefficient (Wildman–Crippen LogP) is 3.20. The van der Waals surface area contributed by atoms with Gasteiger partial charge in [-0.05, 0) is 42.7 Å². The number of hydrogen-bond acceptors (Lipinski definition) is 2. The molecule has 21 heavy (non-hydrogen) atoms. The number of hydrogen-bond donors (Lipinski definition) is 2. The van der Waals surface area contributed by atoms with Crippen molar-refractivity contribution in [2.75, 3.05) is 6.54 Å². The Morgan fingerprint density at radius 3 is 2.81 bits per heavy atom. The molecule has 2 atom stereocenters. The molecule has 2 rings (SSSR count). The minimum Gasteiger partial charge on any atom is -0.355 e. The van der Waals surface area contributed by atoms with Crippen molar-refractivity contribution in [1.82, 2.24) is 10.6 Å². The van der Waals surface area contributed by atoms with E-state index in [-0.39, 0.29) is 23.4 Å². The lowest BCUT2D eigenvalue weighted by atomic mass is 9.70. The average Bonchev–Trinajstić information content (AvgIpc) is 2.47. The Morgan fingerprint density at radius 1 is 1.38 bits per heavy atom. The van der Waals surface area contributed by atoms with Crippen LogP contribution in [-0.2, 0) is 11.2 Å². The second-order valence-electron chi connectivity index (χ2n) is 6.80. The van der Waals surface area contributed by atoms with Crippen LogP contribution >= 0.6 is 0 Å². The zero-order chi connectivity index (χ0) is 15.5. The first kappa shape index (κ1) is 16.0. The summed E-state index contributed by atoms with van der Waals surface area (Å²) in [7, 11) is 0. The van der Waals surface area contributed by atoms with Crippen LogP contribution in [0, 0.1) is 5.41 Å². The molecular weight excluding hydrogens is 260 g/mol. The molecule has 1 aromatic carbocycles. The molecule has 3 heteroatoms. The summed E-state index contributed by atoms with van der Waals surface area (Å²) in [5.74, 6) is 0.0932. The van der Waals surface area contributed by atoms with Gasteiger partial charge >= 0.3 is 0 Å². The summed E-state index contributed by atoms with van der Waals surface area (Å²) in [6.07, 6.45) is 3.24. The van der Waals surface area contributed by atoms with Crippen molar-refractivity contribution >= 4 is 5.91 Å². The van der Waals surface area contributed by atoms with E-state index in [1.54, 1.807) is 0 Å². The number of nitrogens with one attached hydrogen (secondary N) is 2. The smallest absolute Gasteiger partial charge is 0.236 e. The first-order valence-corrected chi connectivity index (χ1v) is 8.07. The van der Waals surface area contributed by atoms with E-state index in [2.05, 4.69) is 55.7 Å². The molecule has 3 nitrogen and oxygen atoms in total. The molecule has 2 unspecified atom stereocenters. The Kier molecular flexibility index (Phi) is 5.04. The standard InChI is InChI=1S/C18H28N2O/c1-5-12-19-17(21)13(2)20-16-15-9-7-6-8-14(15)10-11-18(16,3)4/h6-9,13,16,20H,5,10-12H2,1-4H3,(H,19,21). The molecule has 0 saturated heterocycles. The van der Waals surface area contributed by atoms with Gasteiger partial charge in [0.15, 0.2) is 0 Å². The highest BCUT2D eigenvalue weighted by Crippen LogP contribution is 2.43. The topological polar surface area (TPSA) is 41.1 Å². The van der Waals surface area contributed by atoms with E-state index in [4.69, 9.17) is 0 Å². The Bertz CT molecular complexity index is 496. The zero-order valence-corrected chi connectivity index (χ0v) is 13.7. The number of benzene rings is 1. The fraction of sp³-hybridized carbons (Fsp3) is 0.611. The maximum atomic E-state index is 12.1. The van der Waals surface area contributed by atoms with E-state index < -0.39 is 0 Å². The van der Waals surface area contributed by atoms with Crippen LogP contribution in [0.1, 0.15) is 57.7 Å². The van der Waals surface area contributed by atoms with Crippen molar-refractivity contribution in [3.8, 4) is 0 Å². The van der Waals surface area contributed by atoms with E-state index in [0.717, 1.165) is 25.8 Å². The molecule has 0 radical (unpaired) electrons. The molecule has 116 valence electrons. The minimum absolute atomic E-state index is 0.0932. The van der Waals surface area contributed by atoms with Gasteiger partial charge in [-0.2, -0.15) is 0 Å². The van der Waals surface area contributed by atoms with Gasteiger partial charge in [-0.25, -0.2) is 0 Å². The van der Waals surface area contributed by atoms with Crippen LogP contribution in [-0.4, -0.2) is 18.5 Å². The van der Waals surface area contributed by atoms with Crippen LogP contribution in [0.15, 0.2) is 24.3 Å². The van der Waals surface area contributed by atoms with Gasteiger partial charge in [-0.3, -0.25) is 10.1 Å². The maximum absolute atomic E-state index is 12.1. The van der Waals surface area contributed by atoms with Gasteiger partial charge in [0.25, 0.3) is 0 Å². The highest BCUT2D eigenvalue weighted by atomic mass is 16.2. The third-order valence-electron chi connectivity index (χ3n) is 4.55. The van der Waals surface area contributed by atoms with Crippen LogP contribution in [0.25, 0.3) is 0 Å². The number of amides is 1. The summed E-state index contributed by atoms with van der Waals surface area (Å²) in [6.45, 7) is 9.35. The lowest BCUT2D eigenvalue weighted by Gasteiger charge is -2.41. The van der Waals surface area contributed by atoms with Crippen molar-refractivity contribution in [3.63, 3.8) is 0 Å². The van der Waals surface area contributed by atoms with Crippen LogP contribution in [0.4, 0.5) is 0 Å². The monoisotopic (exact) mass is 288 g/mol. The van der Waals surface area contributed by atoms with Crippen LogP contribution in [0.2, 0.25) is 0 Å². The lowest BCUT2D eigenvalue weighted by Crippen LogP contribution is -2.48. The second kappa shape index (κ2) is 6.61. The molecule has 1 aliphatic rings. The fourth-order valence-corrected chi connectivity index (χ4v) is 3.11. The summed E-state index contributed by atoms with van der Waals surface area (Å²) in [4.78, 5) is 12.1. The van der Waals surface area contributed by atoms with E-state index in [1.165, 1.54) is 11.1 Å². The molecule has 0 spiro atoms. The van der Waals surface area contributed by atoms with Crippen molar-refractivity contribution < 1.29 is 4.79 Å². The van der Waals surface area contributed by atoms with Gasteiger partial charge in [0.05, 0.1) is 6.04 Å². The van der Waals surface area contributed by atoms with Gasteiger partial charge in [0.1, 0.15) is 0 Å². The Hall–Kier alpha value is -1.35. The summed E-state index contributed by atoms with van der Waals surface area (Å²) in [5, 5.41) is 6.53. The zero-order valence-electron chi connectivity index (χ0n) is 13.7. The molecule has 2 N–H and O–H groups in total. The van der Waals surface area contributed by atoms with Gasteiger partial charge in [0, 0.05) is 12.6 Å². The van der Waals surface area contributed by atoms with Crippen molar-refractivity contribution in [3.05, 3.63) is 35.4 Å². The number of aryl methyl sites for hydroxylation is 1. The molecule has 0 aromatic heterocycles. The third kappa shape index (κ3) is 3.65. The van der Waals surface area contributed by atoms with Gasteiger partial charge < -0.3 is 5.32 Å². The number of carbonyl (C=O) groups excluding carboxylic acids is 1. The van der Waals surface area contributed by atoms with E-state index in [9.17, 15) is 4.79 Å². The van der Waals surface area contributed by atoms with Crippen LogP contribution in [0.5, 0.6) is 0 Å². The van der Waals surface area contributed by atoms with Crippen LogP contribution in [0.3, 0.4) is 0 Å². The molecule has 0 bridgehead atoms. The second-order valence-corrected chi connectivity index (χ2v) is 6.80. The van der Waals surface area contributed by atoms with Crippen molar-refractivity contribution in [2.24, 2.45) is 5.41 Å². The number of carbonyl (C=O) groups is 1. The molecule has 0 saturated carbocycles. The molecule has 0 aliphatic heterocycles. The summed E-state index contributed by atoms with van der Waals surface area (Å²) in [6, 6.07) is 8.66. The Morgan fingerprint density at radius 2 is 2.10 bits per heavy atom. The van der Waals surface area contributed by atoms with Gasteiger partial charge in [-0.1, -0.05) is 45.0 Å².